The van der Waals surface area contributed by atoms with Crippen molar-refractivity contribution in [2.24, 2.45) is 0 Å². The van der Waals surface area contributed by atoms with Gasteiger partial charge in [-0.1, -0.05) is 0 Å². The van der Waals surface area contributed by atoms with Gasteiger partial charge in [-0.15, -0.1) is 5.10 Å². The lowest BCUT2D eigenvalue weighted by atomic mass is 10.2. The normalized spacial score (nSPS) is 11.2. The topological polar surface area (TPSA) is 96.5 Å². The lowest BCUT2D eigenvalue weighted by molar-refractivity contribution is 0.337. The summed E-state index contributed by atoms with van der Waals surface area (Å²) in [6, 6.07) is 6.66. The minimum absolute atomic E-state index is 0.216. The van der Waals surface area contributed by atoms with Crippen LogP contribution in [0.5, 0.6) is 5.75 Å². The molecule has 0 amide bonds. The number of benzene rings is 1. The maximum absolute atomic E-state index is 12.4. The smallest absolute Gasteiger partial charge is 0.240 e. The molecule has 0 aliphatic carbocycles. The third-order valence-corrected chi connectivity index (χ3v) is 5.09. The zero-order chi connectivity index (χ0) is 19.2. The Morgan fingerprint density at radius 2 is 1.96 bits per heavy atom. The first kappa shape index (κ1) is 19.9. The summed E-state index contributed by atoms with van der Waals surface area (Å²) in [6.45, 7) is 4.86. The van der Waals surface area contributed by atoms with E-state index in [1.54, 1.807) is 24.4 Å². The maximum atomic E-state index is 12.4. The highest BCUT2D eigenvalue weighted by Gasteiger charge is 2.15. The van der Waals surface area contributed by atoms with Crippen molar-refractivity contribution in [3.63, 3.8) is 0 Å². The van der Waals surface area contributed by atoms with E-state index >= 15 is 0 Å². The van der Waals surface area contributed by atoms with Gasteiger partial charge in [0, 0.05) is 33.3 Å². The Labute approximate surface area is 154 Å². The van der Waals surface area contributed by atoms with Crippen LogP contribution in [-0.4, -0.2) is 52.4 Å². The third-order valence-electron chi connectivity index (χ3n) is 3.64. The van der Waals surface area contributed by atoms with E-state index in [9.17, 15) is 8.42 Å². The molecule has 9 heteroatoms. The Morgan fingerprint density at radius 3 is 2.62 bits per heavy atom. The highest BCUT2D eigenvalue weighted by Crippen LogP contribution is 2.21. The van der Waals surface area contributed by atoms with Crippen LogP contribution in [0.3, 0.4) is 0 Å². The Hall–Kier alpha value is -2.39. The Morgan fingerprint density at radius 1 is 1.19 bits per heavy atom. The Kier molecular flexibility index (Phi) is 6.76. The average Bonchev–Trinajstić information content (AvgIpc) is 2.61. The molecule has 1 heterocycles. The zero-order valence-electron chi connectivity index (χ0n) is 15.5. The number of aryl methyl sites for hydroxylation is 1. The molecule has 8 nitrogen and oxygen atoms in total. The number of nitrogens with one attached hydrogen (secondary N) is 2. The monoisotopic (exact) mass is 379 g/mol. The van der Waals surface area contributed by atoms with Gasteiger partial charge in [0.15, 0.2) is 5.82 Å². The predicted molar refractivity (Wildman–Crippen MR) is 102 cm³/mol. The van der Waals surface area contributed by atoms with Crippen molar-refractivity contribution in [3.8, 4) is 5.75 Å². The second kappa shape index (κ2) is 8.81. The highest BCUT2D eigenvalue weighted by atomic mass is 32.2. The van der Waals surface area contributed by atoms with Gasteiger partial charge in [0.1, 0.15) is 5.75 Å². The van der Waals surface area contributed by atoms with Crippen molar-refractivity contribution in [2.45, 2.75) is 18.7 Å². The van der Waals surface area contributed by atoms with Crippen molar-refractivity contribution in [3.05, 3.63) is 36.0 Å². The second-order valence-electron chi connectivity index (χ2n) is 5.88. The minimum atomic E-state index is -3.58. The molecule has 2 rings (SSSR count). The van der Waals surface area contributed by atoms with Crippen LogP contribution in [0, 0.1) is 6.92 Å². The molecular formula is C17H25N5O3S. The molecule has 0 radical (unpaired) electrons. The molecule has 0 unspecified atom stereocenters. The summed E-state index contributed by atoms with van der Waals surface area (Å²) in [5, 5.41) is 10.9. The summed E-state index contributed by atoms with van der Waals surface area (Å²) in [5.41, 5.74) is 1.69. The first-order chi connectivity index (χ1) is 12.3. The van der Waals surface area contributed by atoms with Crippen molar-refractivity contribution in [2.75, 3.05) is 44.0 Å². The summed E-state index contributed by atoms with van der Waals surface area (Å²) in [4.78, 5) is 2.13. The van der Waals surface area contributed by atoms with Crippen molar-refractivity contribution in [1.82, 2.24) is 14.9 Å². The van der Waals surface area contributed by atoms with Gasteiger partial charge in [-0.2, -0.15) is 5.10 Å². The van der Waals surface area contributed by atoms with E-state index in [1.165, 1.54) is 0 Å². The van der Waals surface area contributed by atoms with Crippen LogP contribution < -0.4 is 19.7 Å². The van der Waals surface area contributed by atoms with Crippen molar-refractivity contribution < 1.29 is 13.2 Å². The number of nitrogens with zero attached hydrogens (tertiary/aromatic N) is 3. The molecule has 0 atom stereocenters. The molecule has 0 aliphatic rings. The molecule has 142 valence electrons. The van der Waals surface area contributed by atoms with E-state index in [0.717, 1.165) is 11.3 Å². The molecule has 2 aromatic rings. The summed E-state index contributed by atoms with van der Waals surface area (Å²) in [5.74, 6) is 1.28. The van der Waals surface area contributed by atoms with Gasteiger partial charge < -0.3 is 15.0 Å². The number of ether oxygens (including phenoxy) is 1. The van der Waals surface area contributed by atoms with Crippen LogP contribution in [-0.2, 0) is 10.0 Å². The molecule has 0 spiro atoms. The van der Waals surface area contributed by atoms with Crippen LogP contribution in [0.4, 0.5) is 11.5 Å². The maximum Gasteiger partial charge on any atom is 0.240 e. The number of rotatable bonds is 9. The van der Waals surface area contributed by atoms with Crippen molar-refractivity contribution in [1.29, 1.82) is 0 Å². The van der Waals surface area contributed by atoms with E-state index < -0.39 is 10.0 Å². The van der Waals surface area contributed by atoms with E-state index in [2.05, 4.69) is 20.2 Å². The minimum Gasteiger partial charge on any atom is -0.494 e. The first-order valence-electron chi connectivity index (χ1n) is 8.30. The molecular weight excluding hydrogens is 354 g/mol. The van der Waals surface area contributed by atoms with E-state index in [1.807, 2.05) is 38.9 Å². The first-order valence-corrected chi connectivity index (χ1v) is 9.79. The van der Waals surface area contributed by atoms with Gasteiger partial charge in [0.25, 0.3) is 0 Å². The van der Waals surface area contributed by atoms with Gasteiger partial charge in [-0.25, -0.2) is 13.1 Å². The molecule has 0 aliphatic heterocycles. The molecule has 1 aromatic carbocycles. The lowest BCUT2D eigenvalue weighted by Gasteiger charge is -2.13. The summed E-state index contributed by atoms with van der Waals surface area (Å²) in [7, 11) is 0.241. The largest absolute Gasteiger partial charge is 0.494 e. The number of anilines is 2. The fourth-order valence-electron chi connectivity index (χ4n) is 2.25. The Bertz CT molecular complexity index is 840. The number of aromatic nitrogens is 2. The van der Waals surface area contributed by atoms with Gasteiger partial charge in [-0.3, -0.25) is 0 Å². The zero-order valence-corrected chi connectivity index (χ0v) is 16.3. The molecule has 26 heavy (non-hydrogen) atoms. The second-order valence-corrected chi connectivity index (χ2v) is 7.65. The summed E-state index contributed by atoms with van der Waals surface area (Å²) in [6.07, 6.45) is 1.65. The summed E-state index contributed by atoms with van der Waals surface area (Å²) < 4.78 is 32.8. The molecule has 0 bridgehead atoms. The Balaban J connectivity index is 1.92. The van der Waals surface area contributed by atoms with Gasteiger partial charge >= 0.3 is 0 Å². The highest BCUT2D eigenvalue weighted by molar-refractivity contribution is 7.89. The van der Waals surface area contributed by atoms with Crippen LogP contribution in [0.15, 0.2) is 35.4 Å². The lowest BCUT2D eigenvalue weighted by Crippen LogP contribution is -2.29. The predicted octanol–water partition coefficient (Wildman–Crippen LogP) is 1.64. The van der Waals surface area contributed by atoms with Crippen LogP contribution in [0.25, 0.3) is 0 Å². The SMILES string of the molecule is CCOc1ccc(S(=O)(=O)NCCNc2cc(N(C)C)cnn2)cc1C. The molecule has 0 fully saturated rings. The molecule has 0 saturated heterocycles. The fraction of sp³-hybridized carbons (Fsp3) is 0.412. The average molecular weight is 379 g/mol. The molecule has 1 aromatic heterocycles. The quantitative estimate of drug-likeness (QED) is 0.639. The van der Waals surface area contributed by atoms with E-state index in [-0.39, 0.29) is 11.4 Å². The van der Waals surface area contributed by atoms with Crippen LogP contribution in [0.1, 0.15) is 12.5 Å². The summed E-state index contributed by atoms with van der Waals surface area (Å²) >= 11 is 0. The van der Waals surface area contributed by atoms with E-state index in [4.69, 9.17) is 4.74 Å². The van der Waals surface area contributed by atoms with Crippen LogP contribution >= 0.6 is 0 Å². The van der Waals surface area contributed by atoms with Crippen LogP contribution in [0.2, 0.25) is 0 Å². The standard InChI is InChI=1S/C17H25N5O3S/c1-5-25-16-7-6-15(10-13(16)2)26(23,24)20-9-8-18-17-11-14(22(3)4)12-19-21-17/h6-7,10-12,20H,5,8-9H2,1-4H3,(H,18,21). The number of hydrogen-bond acceptors (Lipinski definition) is 7. The molecule has 2 N–H and O–H groups in total. The molecule has 0 saturated carbocycles. The van der Waals surface area contributed by atoms with Gasteiger partial charge in [0.2, 0.25) is 10.0 Å². The van der Waals surface area contributed by atoms with Gasteiger partial charge in [-0.05, 0) is 37.6 Å². The number of sulfonamides is 1. The third kappa shape index (κ3) is 5.30. The van der Waals surface area contributed by atoms with Crippen molar-refractivity contribution >= 4 is 21.5 Å². The number of hydrogen-bond donors (Lipinski definition) is 2. The van der Waals surface area contributed by atoms with E-state index in [0.29, 0.717) is 24.7 Å². The fourth-order valence-corrected chi connectivity index (χ4v) is 3.37. The van der Waals surface area contributed by atoms with Gasteiger partial charge in [0.05, 0.1) is 23.4 Å².